The minimum absolute atomic E-state index is 0.0727. The summed E-state index contributed by atoms with van der Waals surface area (Å²) in [5.74, 6) is 0.334. The Hall–Kier alpha value is -1.82. The zero-order valence-corrected chi connectivity index (χ0v) is 11.3. The lowest BCUT2D eigenvalue weighted by Gasteiger charge is -2.19. The molecule has 2 heterocycles. The SMILES string of the molecule is CCN(Cc1cccs1)C(=O)c1cnn(C)c1N. The quantitative estimate of drug-likeness (QED) is 0.914. The number of carbonyl (C=O) groups excluding carboxylic acids is 1. The van der Waals surface area contributed by atoms with Gasteiger partial charge in [0.15, 0.2) is 0 Å². The van der Waals surface area contributed by atoms with E-state index in [0.29, 0.717) is 24.5 Å². The van der Waals surface area contributed by atoms with Crippen molar-refractivity contribution in [2.45, 2.75) is 13.5 Å². The number of nitrogens with two attached hydrogens (primary N) is 1. The van der Waals surface area contributed by atoms with Gasteiger partial charge in [-0.2, -0.15) is 5.10 Å². The molecule has 0 atom stereocenters. The van der Waals surface area contributed by atoms with E-state index in [1.165, 1.54) is 10.9 Å². The van der Waals surface area contributed by atoms with E-state index < -0.39 is 0 Å². The number of aryl methyl sites for hydroxylation is 1. The molecule has 5 nitrogen and oxygen atoms in total. The average Bonchev–Trinajstić information content (AvgIpc) is 2.98. The molecule has 0 bridgehead atoms. The fourth-order valence-corrected chi connectivity index (χ4v) is 2.42. The van der Waals surface area contributed by atoms with Crippen LogP contribution in [0.4, 0.5) is 5.82 Å². The lowest BCUT2D eigenvalue weighted by molar-refractivity contribution is 0.0755. The maximum absolute atomic E-state index is 12.3. The van der Waals surface area contributed by atoms with Crippen LogP contribution in [-0.4, -0.2) is 27.1 Å². The van der Waals surface area contributed by atoms with E-state index in [0.717, 1.165) is 4.88 Å². The van der Waals surface area contributed by atoms with Gasteiger partial charge >= 0.3 is 0 Å². The molecule has 2 aromatic rings. The zero-order chi connectivity index (χ0) is 13.1. The summed E-state index contributed by atoms with van der Waals surface area (Å²) < 4.78 is 1.51. The monoisotopic (exact) mass is 264 g/mol. The maximum Gasteiger partial charge on any atom is 0.259 e. The van der Waals surface area contributed by atoms with E-state index in [1.54, 1.807) is 23.3 Å². The number of amides is 1. The molecular formula is C12H16N4OS. The van der Waals surface area contributed by atoms with Gasteiger partial charge in [0.05, 0.1) is 12.7 Å². The third-order valence-electron chi connectivity index (χ3n) is 2.81. The topological polar surface area (TPSA) is 64.2 Å². The van der Waals surface area contributed by atoms with E-state index in [4.69, 9.17) is 5.73 Å². The Bertz CT molecular complexity index is 532. The highest BCUT2D eigenvalue weighted by atomic mass is 32.1. The van der Waals surface area contributed by atoms with E-state index in [-0.39, 0.29) is 5.91 Å². The van der Waals surface area contributed by atoms with E-state index >= 15 is 0 Å². The highest BCUT2D eigenvalue weighted by molar-refractivity contribution is 7.09. The summed E-state index contributed by atoms with van der Waals surface area (Å²) >= 11 is 1.64. The number of anilines is 1. The molecule has 6 heteroatoms. The van der Waals surface area contributed by atoms with Gasteiger partial charge in [0.2, 0.25) is 0 Å². The second-order valence-electron chi connectivity index (χ2n) is 3.97. The number of rotatable bonds is 4. The van der Waals surface area contributed by atoms with Crippen molar-refractivity contribution in [3.63, 3.8) is 0 Å². The van der Waals surface area contributed by atoms with Gasteiger partial charge in [0.25, 0.3) is 5.91 Å². The van der Waals surface area contributed by atoms with E-state index in [9.17, 15) is 4.79 Å². The molecule has 0 spiro atoms. The average molecular weight is 264 g/mol. The molecule has 2 rings (SSSR count). The Morgan fingerprint density at radius 2 is 2.39 bits per heavy atom. The van der Waals surface area contributed by atoms with Crippen LogP contribution in [0.15, 0.2) is 23.7 Å². The zero-order valence-electron chi connectivity index (χ0n) is 10.5. The molecule has 0 fully saturated rings. The molecule has 0 saturated heterocycles. The molecule has 0 unspecified atom stereocenters. The molecule has 0 aliphatic heterocycles. The van der Waals surface area contributed by atoms with Crippen molar-refractivity contribution in [2.75, 3.05) is 12.3 Å². The molecule has 2 aromatic heterocycles. The standard InChI is InChI=1S/C12H16N4OS/c1-3-16(8-9-5-4-6-18-9)12(17)10-7-14-15(2)11(10)13/h4-7H,3,8,13H2,1-2H3. The molecule has 0 aliphatic carbocycles. The van der Waals surface area contributed by atoms with Gasteiger partial charge in [0.1, 0.15) is 11.4 Å². The third kappa shape index (κ3) is 2.38. The second-order valence-corrected chi connectivity index (χ2v) is 5.00. The molecule has 0 aliphatic rings. The summed E-state index contributed by atoms with van der Waals surface area (Å²) in [6.07, 6.45) is 1.52. The number of carbonyl (C=O) groups is 1. The lowest BCUT2D eigenvalue weighted by atomic mass is 10.2. The lowest BCUT2D eigenvalue weighted by Crippen LogP contribution is -2.30. The number of hydrogen-bond acceptors (Lipinski definition) is 4. The van der Waals surface area contributed by atoms with Crippen LogP contribution >= 0.6 is 11.3 Å². The first-order chi connectivity index (χ1) is 8.63. The first-order valence-corrected chi connectivity index (χ1v) is 6.60. The van der Waals surface area contributed by atoms with Crippen LogP contribution in [0.25, 0.3) is 0 Å². The molecule has 18 heavy (non-hydrogen) atoms. The van der Waals surface area contributed by atoms with Gasteiger partial charge in [-0.1, -0.05) is 6.07 Å². The molecule has 0 saturated carbocycles. The van der Waals surface area contributed by atoms with Crippen molar-refractivity contribution < 1.29 is 4.79 Å². The Kier molecular flexibility index (Phi) is 3.66. The third-order valence-corrected chi connectivity index (χ3v) is 3.67. The minimum atomic E-state index is -0.0727. The number of aromatic nitrogens is 2. The van der Waals surface area contributed by atoms with Gasteiger partial charge in [-0.3, -0.25) is 9.48 Å². The van der Waals surface area contributed by atoms with Crippen LogP contribution in [0.2, 0.25) is 0 Å². The number of nitrogens with zero attached hydrogens (tertiary/aromatic N) is 3. The highest BCUT2D eigenvalue weighted by Crippen LogP contribution is 2.17. The van der Waals surface area contributed by atoms with Gasteiger partial charge in [-0.15, -0.1) is 11.3 Å². The van der Waals surface area contributed by atoms with Crippen molar-refractivity contribution in [3.05, 3.63) is 34.2 Å². The smallest absolute Gasteiger partial charge is 0.259 e. The van der Waals surface area contributed by atoms with Crippen molar-refractivity contribution in [3.8, 4) is 0 Å². The largest absolute Gasteiger partial charge is 0.383 e. The first-order valence-electron chi connectivity index (χ1n) is 5.72. The normalized spacial score (nSPS) is 10.6. The minimum Gasteiger partial charge on any atom is -0.383 e. The summed E-state index contributed by atoms with van der Waals surface area (Å²) in [5.41, 5.74) is 6.29. The number of hydrogen-bond donors (Lipinski definition) is 1. The van der Waals surface area contributed by atoms with E-state index in [2.05, 4.69) is 5.10 Å². The summed E-state index contributed by atoms with van der Waals surface area (Å²) in [6.45, 7) is 3.21. The Labute approximate surface area is 110 Å². The fraction of sp³-hybridized carbons (Fsp3) is 0.333. The highest BCUT2D eigenvalue weighted by Gasteiger charge is 2.19. The first kappa shape index (κ1) is 12.6. The number of nitrogen functional groups attached to an aromatic ring is 1. The maximum atomic E-state index is 12.3. The molecule has 2 N–H and O–H groups in total. The van der Waals surface area contributed by atoms with Crippen LogP contribution in [0.3, 0.4) is 0 Å². The van der Waals surface area contributed by atoms with Gasteiger partial charge in [-0.05, 0) is 18.4 Å². The Balaban J connectivity index is 2.18. The van der Waals surface area contributed by atoms with Gasteiger partial charge in [0, 0.05) is 18.5 Å². The molecule has 0 radical (unpaired) electrons. The fourth-order valence-electron chi connectivity index (χ4n) is 1.70. The predicted octanol–water partition coefficient (Wildman–Crippen LogP) is 1.73. The predicted molar refractivity (Wildman–Crippen MR) is 72.4 cm³/mol. The summed E-state index contributed by atoms with van der Waals surface area (Å²) in [7, 11) is 1.72. The van der Waals surface area contributed by atoms with Crippen LogP contribution in [-0.2, 0) is 13.6 Å². The van der Waals surface area contributed by atoms with Crippen LogP contribution in [0, 0.1) is 0 Å². The molecule has 1 amide bonds. The summed E-state index contributed by atoms with van der Waals surface area (Å²) in [5, 5.41) is 6.00. The van der Waals surface area contributed by atoms with Crippen LogP contribution in [0.1, 0.15) is 22.2 Å². The summed E-state index contributed by atoms with van der Waals surface area (Å²) in [4.78, 5) is 15.3. The van der Waals surface area contributed by atoms with Gasteiger partial charge in [-0.25, -0.2) is 0 Å². The number of thiophene rings is 1. The Morgan fingerprint density at radius 3 is 2.89 bits per heavy atom. The molecular weight excluding hydrogens is 248 g/mol. The van der Waals surface area contributed by atoms with Gasteiger partial charge < -0.3 is 10.6 Å². The van der Waals surface area contributed by atoms with Crippen molar-refractivity contribution in [1.29, 1.82) is 0 Å². The van der Waals surface area contributed by atoms with Crippen LogP contribution < -0.4 is 5.73 Å². The van der Waals surface area contributed by atoms with E-state index in [1.807, 2.05) is 24.4 Å². The van der Waals surface area contributed by atoms with Crippen molar-refractivity contribution in [2.24, 2.45) is 7.05 Å². The Morgan fingerprint density at radius 1 is 1.61 bits per heavy atom. The van der Waals surface area contributed by atoms with Crippen molar-refractivity contribution in [1.82, 2.24) is 14.7 Å². The summed E-state index contributed by atoms with van der Waals surface area (Å²) in [6, 6.07) is 4.00. The van der Waals surface area contributed by atoms with Crippen molar-refractivity contribution >= 4 is 23.1 Å². The second kappa shape index (κ2) is 5.22. The van der Waals surface area contributed by atoms with Crippen LogP contribution in [0.5, 0.6) is 0 Å². The molecule has 96 valence electrons. The molecule has 0 aromatic carbocycles.